The maximum atomic E-state index is 12.4. The molecule has 0 atom stereocenters. The van der Waals surface area contributed by atoms with Crippen molar-refractivity contribution in [3.63, 3.8) is 0 Å². The van der Waals surface area contributed by atoms with Crippen LogP contribution in [0.4, 0.5) is 0 Å². The van der Waals surface area contributed by atoms with E-state index in [0.29, 0.717) is 12.1 Å². The first-order valence-corrected chi connectivity index (χ1v) is 8.55. The van der Waals surface area contributed by atoms with E-state index in [4.69, 9.17) is 0 Å². The molecule has 2 aromatic carbocycles. The van der Waals surface area contributed by atoms with Crippen LogP contribution < -0.4 is 5.32 Å². The lowest BCUT2D eigenvalue weighted by Crippen LogP contribution is -2.22. The Morgan fingerprint density at radius 3 is 2.59 bits per heavy atom. The molecule has 0 spiro atoms. The number of nitrogens with zero attached hydrogens (tertiary/aromatic N) is 5. The molecule has 0 saturated heterocycles. The van der Waals surface area contributed by atoms with Crippen molar-refractivity contribution in [1.82, 2.24) is 29.6 Å². The number of imidazole rings is 1. The van der Waals surface area contributed by atoms with Crippen LogP contribution in [-0.4, -0.2) is 30.2 Å². The Bertz CT molecular complexity index is 1010. The lowest BCUT2D eigenvalue weighted by atomic mass is 10.1. The molecule has 134 valence electrons. The van der Waals surface area contributed by atoms with Gasteiger partial charge in [-0.3, -0.25) is 4.79 Å². The topological polar surface area (TPSA) is 77.6 Å². The van der Waals surface area contributed by atoms with Gasteiger partial charge in [-0.15, -0.1) is 0 Å². The highest BCUT2D eigenvalue weighted by molar-refractivity contribution is 5.94. The van der Waals surface area contributed by atoms with Gasteiger partial charge in [0.05, 0.1) is 12.0 Å². The summed E-state index contributed by atoms with van der Waals surface area (Å²) in [7, 11) is 0. The minimum atomic E-state index is -0.111. The molecule has 7 heteroatoms. The highest BCUT2D eigenvalue weighted by Gasteiger charge is 2.06. The highest BCUT2D eigenvalue weighted by Crippen LogP contribution is 2.10. The smallest absolute Gasteiger partial charge is 0.251 e. The van der Waals surface area contributed by atoms with Crippen molar-refractivity contribution in [2.75, 3.05) is 0 Å². The normalized spacial score (nSPS) is 10.7. The molecule has 4 rings (SSSR count). The SMILES string of the molecule is O=C(NCc1cccc(Cn2ccnc2)c1)c1ccc(-n2cncn2)cc1. The zero-order chi connectivity index (χ0) is 18.5. The van der Waals surface area contributed by atoms with Gasteiger partial charge in [0.2, 0.25) is 0 Å². The van der Waals surface area contributed by atoms with E-state index in [-0.39, 0.29) is 5.91 Å². The summed E-state index contributed by atoms with van der Waals surface area (Å²) in [6.45, 7) is 1.23. The second-order valence-corrected chi connectivity index (χ2v) is 6.12. The Labute approximate surface area is 156 Å². The fourth-order valence-corrected chi connectivity index (χ4v) is 2.82. The van der Waals surface area contributed by atoms with Gasteiger partial charge in [-0.05, 0) is 35.4 Å². The molecule has 0 aliphatic rings. The second-order valence-electron chi connectivity index (χ2n) is 6.12. The van der Waals surface area contributed by atoms with Gasteiger partial charge in [0, 0.05) is 31.0 Å². The lowest BCUT2D eigenvalue weighted by Gasteiger charge is -2.09. The molecule has 0 radical (unpaired) electrons. The molecule has 7 nitrogen and oxygen atoms in total. The molecule has 0 aliphatic carbocycles. The van der Waals surface area contributed by atoms with Crippen LogP contribution in [0.15, 0.2) is 79.9 Å². The van der Waals surface area contributed by atoms with Crippen LogP contribution in [0.1, 0.15) is 21.5 Å². The summed E-state index contributed by atoms with van der Waals surface area (Å²) in [5.41, 5.74) is 3.68. The standard InChI is InChI=1S/C20H18N6O/c27-20(18-4-6-19(7-5-18)26-15-22-13-24-26)23-11-16-2-1-3-17(10-16)12-25-9-8-21-14-25/h1-10,13-15H,11-12H2,(H,23,27). The maximum absolute atomic E-state index is 12.4. The van der Waals surface area contributed by atoms with Crippen molar-refractivity contribution in [1.29, 1.82) is 0 Å². The molecule has 27 heavy (non-hydrogen) atoms. The van der Waals surface area contributed by atoms with Crippen molar-refractivity contribution in [2.24, 2.45) is 0 Å². The summed E-state index contributed by atoms with van der Waals surface area (Å²) in [4.78, 5) is 20.4. The van der Waals surface area contributed by atoms with Crippen molar-refractivity contribution < 1.29 is 4.79 Å². The molecule has 2 heterocycles. The number of benzene rings is 2. The average molecular weight is 358 g/mol. The average Bonchev–Trinajstić information content (AvgIpc) is 3.41. The molecule has 1 amide bonds. The zero-order valence-electron chi connectivity index (χ0n) is 14.6. The number of carbonyl (C=O) groups is 1. The number of carbonyl (C=O) groups excluding carboxylic acids is 1. The molecule has 0 fully saturated rings. The Kier molecular flexibility index (Phi) is 4.74. The first kappa shape index (κ1) is 16.7. The predicted molar refractivity (Wildman–Crippen MR) is 100 cm³/mol. The van der Waals surface area contributed by atoms with Crippen LogP contribution in [0.5, 0.6) is 0 Å². The Morgan fingerprint density at radius 2 is 1.85 bits per heavy atom. The number of aromatic nitrogens is 5. The molecular formula is C20H18N6O. The van der Waals surface area contributed by atoms with Crippen molar-refractivity contribution >= 4 is 5.91 Å². The fourth-order valence-electron chi connectivity index (χ4n) is 2.82. The van der Waals surface area contributed by atoms with Gasteiger partial charge in [0.1, 0.15) is 12.7 Å². The predicted octanol–water partition coefficient (Wildman–Crippen LogP) is 2.44. The monoisotopic (exact) mass is 358 g/mol. The Morgan fingerprint density at radius 1 is 1.00 bits per heavy atom. The van der Waals surface area contributed by atoms with Crippen molar-refractivity contribution in [3.8, 4) is 5.69 Å². The lowest BCUT2D eigenvalue weighted by molar-refractivity contribution is 0.0951. The second kappa shape index (κ2) is 7.65. The molecule has 2 aromatic heterocycles. The van der Waals surface area contributed by atoms with Crippen LogP contribution in [0.3, 0.4) is 0 Å². The van der Waals surface area contributed by atoms with E-state index in [0.717, 1.165) is 23.4 Å². The minimum absolute atomic E-state index is 0.111. The Balaban J connectivity index is 1.37. The highest BCUT2D eigenvalue weighted by atomic mass is 16.1. The van der Waals surface area contributed by atoms with Gasteiger partial charge in [0.25, 0.3) is 5.91 Å². The number of hydrogen-bond acceptors (Lipinski definition) is 4. The van der Waals surface area contributed by atoms with Crippen molar-refractivity contribution in [2.45, 2.75) is 13.1 Å². The van der Waals surface area contributed by atoms with E-state index in [1.54, 1.807) is 35.7 Å². The van der Waals surface area contributed by atoms with Gasteiger partial charge >= 0.3 is 0 Å². The largest absolute Gasteiger partial charge is 0.348 e. The Hall–Kier alpha value is -3.74. The summed E-state index contributed by atoms with van der Waals surface area (Å²) in [6.07, 6.45) is 8.57. The van der Waals surface area contributed by atoms with Gasteiger partial charge in [-0.25, -0.2) is 14.6 Å². The molecule has 0 aliphatic heterocycles. The van der Waals surface area contributed by atoms with E-state index in [1.165, 1.54) is 6.33 Å². The zero-order valence-corrected chi connectivity index (χ0v) is 14.6. The number of rotatable bonds is 6. The van der Waals surface area contributed by atoms with Crippen LogP contribution in [-0.2, 0) is 13.1 Å². The third kappa shape index (κ3) is 4.09. The van der Waals surface area contributed by atoms with Gasteiger partial charge in [-0.1, -0.05) is 24.3 Å². The van der Waals surface area contributed by atoms with E-state index >= 15 is 0 Å². The van der Waals surface area contributed by atoms with Crippen LogP contribution >= 0.6 is 0 Å². The van der Waals surface area contributed by atoms with Gasteiger partial charge in [0.15, 0.2) is 0 Å². The molecular weight excluding hydrogens is 340 g/mol. The number of hydrogen-bond donors (Lipinski definition) is 1. The van der Waals surface area contributed by atoms with Crippen molar-refractivity contribution in [3.05, 3.63) is 96.6 Å². The molecule has 4 aromatic rings. The van der Waals surface area contributed by atoms with Gasteiger partial charge < -0.3 is 9.88 Å². The first-order valence-electron chi connectivity index (χ1n) is 8.55. The molecule has 0 unspecified atom stereocenters. The van der Waals surface area contributed by atoms with Crippen LogP contribution in [0, 0.1) is 0 Å². The summed E-state index contributed by atoms with van der Waals surface area (Å²) in [5.74, 6) is -0.111. The van der Waals surface area contributed by atoms with E-state index in [9.17, 15) is 4.79 Å². The number of amides is 1. The summed E-state index contributed by atoms with van der Waals surface area (Å²) in [6, 6.07) is 15.4. The fraction of sp³-hybridized carbons (Fsp3) is 0.100. The van der Waals surface area contributed by atoms with E-state index in [1.807, 2.05) is 35.0 Å². The molecule has 1 N–H and O–H groups in total. The summed E-state index contributed by atoms with van der Waals surface area (Å²) >= 11 is 0. The maximum Gasteiger partial charge on any atom is 0.251 e. The van der Waals surface area contributed by atoms with Gasteiger partial charge in [-0.2, -0.15) is 5.10 Å². The third-order valence-corrected chi connectivity index (χ3v) is 4.18. The molecule has 0 bridgehead atoms. The molecule has 0 saturated carbocycles. The summed E-state index contributed by atoms with van der Waals surface area (Å²) in [5, 5.41) is 7.03. The van der Waals surface area contributed by atoms with Crippen LogP contribution in [0.25, 0.3) is 5.69 Å². The third-order valence-electron chi connectivity index (χ3n) is 4.18. The van der Waals surface area contributed by atoms with E-state index < -0.39 is 0 Å². The quantitative estimate of drug-likeness (QED) is 0.574. The minimum Gasteiger partial charge on any atom is -0.348 e. The van der Waals surface area contributed by atoms with E-state index in [2.05, 4.69) is 32.5 Å². The number of nitrogens with one attached hydrogen (secondary N) is 1. The first-order chi connectivity index (χ1) is 13.3. The van der Waals surface area contributed by atoms with Crippen LogP contribution in [0.2, 0.25) is 0 Å². The summed E-state index contributed by atoms with van der Waals surface area (Å²) < 4.78 is 3.65.